The summed E-state index contributed by atoms with van der Waals surface area (Å²) >= 11 is 0. The zero-order valence-electron chi connectivity index (χ0n) is 9.46. The van der Waals surface area contributed by atoms with E-state index in [9.17, 15) is 0 Å². The summed E-state index contributed by atoms with van der Waals surface area (Å²) in [5.74, 6) is 0.654. The molecule has 1 unspecified atom stereocenters. The van der Waals surface area contributed by atoms with E-state index in [1.165, 1.54) is 25.7 Å². The molecule has 1 fully saturated rings. The lowest BCUT2D eigenvalue weighted by Gasteiger charge is -2.35. The van der Waals surface area contributed by atoms with Crippen LogP contribution in [0.25, 0.3) is 0 Å². The highest BCUT2D eigenvalue weighted by molar-refractivity contribution is 4.86. The Balaban J connectivity index is 2.02. The van der Waals surface area contributed by atoms with Gasteiger partial charge in [0.25, 0.3) is 0 Å². The summed E-state index contributed by atoms with van der Waals surface area (Å²) in [5, 5.41) is 3.56. The van der Waals surface area contributed by atoms with Crippen LogP contribution in [-0.4, -0.2) is 32.3 Å². The lowest BCUT2D eigenvalue weighted by atomic mass is 9.88. The zero-order chi connectivity index (χ0) is 10.4. The van der Waals surface area contributed by atoms with E-state index in [0.29, 0.717) is 18.1 Å². The Morgan fingerprint density at radius 2 is 2.21 bits per heavy atom. The van der Waals surface area contributed by atoms with E-state index in [4.69, 9.17) is 10.5 Å². The van der Waals surface area contributed by atoms with E-state index in [1.54, 1.807) is 7.11 Å². The van der Waals surface area contributed by atoms with E-state index >= 15 is 0 Å². The molecule has 0 heterocycles. The van der Waals surface area contributed by atoms with Gasteiger partial charge in [0.05, 0.1) is 6.10 Å². The van der Waals surface area contributed by atoms with Crippen molar-refractivity contribution >= 4 is 0 Å². The van der Waals surface area contributed by atoms with E-state index < -0.39 is 0 Å². The van der Waals surface area contributed by atoms with Gasteiger partial charge < -0.3 is 15.8 Å². The molecule has 84 valence electrons. The first-order valence-corrected chi connectivity index (χ1v) is 5.76. The van der Waals surface area contributed by atoms with Gasteiger partial charge in [-0.3, -0.25) is 0 Å². The van der Waals surface area contributed by atoms with Gasteiger partial charge >= 0.3 is 0 Å². The highest BCUT2D eigenvalue weighted by Crippen LogP contribution is 2.22. The van der Waals surface area contributed by atoms with Gasteiger partial charge in [0, 0.05) is 13.2 Å². The third kappa shape index (κ3) is 3.56. The maximum Gasteiger partial charge on any atom is 0.0601 e. The zero-order valence-corrected chi connectivity index (χ0v) is 9.46. The molecule has 1 aliphatic rings. The molecule has 14 heavy (non-hydrogen) atoms. The van der Waals surface area contributed by atoms with Crippen molar-refractivity contribution in [2.45, 2.75) is 44.8 Å². The lowest BCUT2D eigenvalue weighted by Crippen LogP contribution is -2.47. The van der Waals surface area contributed by atoms with Crippen molar-refractivity contribution in [3.63, 3.8) is 0 Å². The number of nitrogens with two attached hydrogens (primary N) is 1. The molecule has 1 rings (SSSR count). The summed E-state index contributed by atoms with van der Waals surface area (Å²) in [6.07, 6.45) is 5.30. The van der Waals surface area contributed by atoms with Crippen molar-refractivity contribution in [2.24, 2.45) is 11.7 Å². The standard InChI is InChI=1S/C11H24N2O/c1-3-4-9(7-12)8-13-10-5-11(6-10)14-2/h9-11,13H,3-8,12H2,1-2H3. The smallest absolute Gasteiger partial charge is 0.0601 e. The SMILES string of the molecule is CCCC(CN)CNC1CC(OC)C1. The van der Waals surface area contributed by atoms with Crippen molar-refractivity contribution < 1.29 is 4.74 Å². The van der Waals surface area contributed by atoms with Crippen LogP contribution in [0.15, 0.2) is 0 Å². The Labute approximate surface area is 87.4 Å². The molecule has 0 amide bonds. The minimum absolute atomic E-state index is 0.495. The van der Waals surface area contributed by atoms with Crippen LogP contribution in [-0.2, 0) is 4.74 Å². The maximum absolute atomic E-state index is 5.69. The normalized spacial score (nSPS) is 28.5. The molecule has 0 saturated heterocycles. The largest absolute Gasteiger partial charge is 0.381 e. The summed E-state index contributed by atoms with van der Waals surface area (Å²) < 4.78 is 5.23. The molecule has 1 atom stereocenters. The first kappa shape index (κ1) is 12.0. The predicted molar refractivity (Wildman–Crippen MR) is 59.3 cm³/mol. The molecule has 1 saturated carbocycles. The van der Waals surface area contributed by atoms with Gasteiger partial charge in [-0.15, -0.1) is 0 Å². The first-order chi connectivity index (χ1) is 6.80. The number of hydrogen-bond acceptors (Lipinski definition) is 3. The minimum atomic E-state index is 0.495. The molecule has 0 spiro atoms. The molecular formula is C11H24N2O. The van der Waals surface area contributed by atoms with E-state index in [1.807, 2.05) is 0 Å². The summed E-state index contributed by atoms with van der Waals surface area (Å²) in [5.41, 5.74) is 5.69. The molecule has 3 nitrogen and oxygen atoms in total. The van der Waals surface area contributed by atoms with Crippen LogP contribution in [0.4, 0.5) is 0 Å². The average molecular weight is 200 g/mol. The number of methoxy groups -OCH3 is 1. The van der Waals surface area contributed by atoms with Crippen LogP contribution in [0.1, 0.15) is 32.6 Å². The minimum Gasteiger partial charge on any atom is -0.381 e. The number of ether oxygens (including phenoxy) is 1. The highest BCUT2D eigenvalue weighted by atomic mass is 16.5. The van der Waals surface area contributed by atoms with Crippen LogP contribution in [0, 0.1) is 5.92 Å². The van der Waals surface area contributed by atoms with Gasteiger partial charge in [0.15, 0.2) is 0 Å². The fourth-order valence-corrected chi connectivity index (χ4v) is 1.97. The molecular weight excluding hydrogens is 176 g/mol. The van der Waals surface area contributed by atoms with Gasteiger partial charge in [-0.2, -0.15) is 0 Å². The van der Waals surface area contributed by atoms with Gasteiger partial charge in [0.1, 0.15) is 0 Å². The number of rotatable bonds is 7. The van der Waals surface area contributed by atoms with Gasteiger partial charge in [-0.05, 0) is 38.3 Å². The molecule has 0 bridgehead atoms. The molecule has 0 aliphatic heterocycles. The van der Waals surface area contributed by atoms with Crippen molar-refractivity contribution in [3.8, 4) is 0 Å². The Kier molecular flexibility index (Phi) is 5.45. The number of nitrogens with one attached hydrogen (secondary N) is 1. The third-order valence-electron chi connectivity index (χ3n) is 3.15. The van der Waals surface area contributed by atoms with E-state index in [2.05, 4.69) is 12.2 Å². The van der Waals surface area contributed by atoms with Crippen LogP contribution in [0.5, 0.6) is 0 Å². The topological polar surface area (TPSA) is 47.3 Å². The molecule has 0 aromatic rings. The Morgan fingerprint density at radius 3 is 2.71 bits per heavy atom. The second-order valence-electron chi connectivity index (χ2n) is 4.32. The second kappa shape index (κ2) is 6.38. The molecule has 0 aromatic carbocycles. The monoisotopic (exact) mass is 200 g/mol. The maximum atomic E-state index is 5.69. The average Bonchev–Trinajstić information content (AvgIpc) is 2.14. The summed E-state index contributed by atoms with van der Waals surface area (Å²) in [6, 6.07) is 0.672. The van der Waals surface area contributed by atoms with Crippen molar-refractivity contribution in [1.82, 2.24) is 5.32 Å². The van der Waals surface area contributed by atoms with Crippen LogP contribution >= 0.6 is 0 Å². The second-order valence-corrected chi connectivity index (χ2v) is 4.32. The Hall–Kier alpha value is -0.120. The van der Waals surface area contributed by atoms with Crippen LogP contribution < -0.4 is 11.1 Å². The van der Waals surface area contributed by atoms with Crippen LogP contribution in [0.3, 0.4) is 0 Å². The van der Waals surface area contributed by atoms with Gasteiger partial charge in [-0.1, -0.05) is 13.3 Å². The Morgan fingerprint density at radius 1 is 1.50 bits per heavy atom. The Bertz CT molecular complexity index is 146. The van der Waals surface area contributed by atoms with E-state index in [0.717, 1.165) is 13.1 Å². The summed E-state index contributed by atoms with van der Waals surface area (Å²) in [7, 11) is 1.79. The summed E-state index contributed by atoms with van der Waals surface area (Å²) in [4.78, 5) is 0. The summed E-state index contributed by atoms with van der Waals surface area (Å²) in [6.45, 7) is 4.10. The van der Waals surface area contributed by atoms with Crippen molar-refractivity contribution in [1.29, 1.82) is 0 Å². The van der Waals surface area contributed by atoms with Crippen molar-refractivity contribution in [2.75, 3.05) is 20.2 Å². The molecule has 0 aromatic heterocycles. The fourth-order valence-electron chi connectivity index (χ4n) is 1.97. The van der Waals surface area contributed by atoms with Crippen molar-refractivity contribution in [3.05, 3.63) is 0 Å². The van der Waals surface area contributed by atoms with Crippen LogP contribution in [0.2, 0.25) is 0 Å². The number of hydrogen-bond donors (Lipinski definition) is 2. The predicted octanol–water partition coefficient (Wildman–Crippen LogP) is 1.13. The molecule has 0 radical (unpaired) electrons. The first-order valence-electron chi connectivity index (χ1n) is 5.76. The lowest BCUT2D eigenvalue weighted by molar-refractivity contribution is 0.0165. The quantitative estimate of drug-likeness (QED) is 0.647. The molecule has 3 N–H and O–H groups in total. The third-order valence-corrected chi connectivity index (χ3v) is 3.15. The fraction of sp³-hybridized carbons (Fsp3) is 1.00. The molecule has 3 heteroatoms. The van der Waals surface area contributed by atoms with Gasteiger partial charge in [0.2, 0.25) is 0 Å². The highest BCUT2D eigenvalue weighted by Gasteiger charge is 2.28. The van der Waals surface area contributed by atoms with Gasteiger partial charge in [-0.25, -0.2) is 0 Å². The molecule has 1 aliphatic carbocycles. The van der Waals surface area contributed by atoms with E-state index in [-0.39, 0.29) is 0 Å².